The Morgan fingerprint density at radius 2 is 1.91 bits per heavy atom. The topological polar surface area (TPSA) is 45.0 Å². The van der Waals surface area contributed by atoms with Gasteiger partial charge in [0.15, 0.2) is 11.5 Å². The molecule has 0 aliphatic carbocycles. The summed E-state index contributed by atoms with van der Waals surface area (Å²) in [5.74, 6) is 2.09. The summed E-state index contributed by atoms with van der Waals surface area (Å²) in [5.41, 5.74) is 3.82. The van der Waals surface area contributed by atoms with Gasteiger partial charge in [0.05, 0.1) is 25.6 Å². The van der Waals surface area contributed by atoms with Gasteiger partial charge in [-0.05, 0) is 18.2 Å². The molecule has 2 aromatic heterocycles. The Labute approximate surface area is 138 Å². The fraction of sp³-hybridized carbons (Fsp3) is 0.188. The van der Waals surface area contributed by atoms with Crippen molar-refractivity contribution in [3.05, 3.63) is 42.2 Å². The lowest BCUT2D eigenvalue weighted by atomic mass is 10.1. The predicted octanol–water partition coefficient (Wildman–Crippen LogP) is 3.49. The van der Waals surface area contributed by atoms with Crippen LogP contribution >= 0.6 is 17.0 Å². The number of ether oxygens (including phenoxy) is 3. The second kappa shape index (κ2) is 5.53. The first-order valence-corrected chi connectivity index (χ1v) is 6.67. The molecule has 0 N–H and O–H groups in total. The van der Waals surface area contributed by atoms with Crippen molar-refractivity contribution in [2.24, 2.45) is 0 Å². The average Bonchev–Trinajstić information content (AvgIpc) is 2.92. The van der Waals surface area contributed by atoms with Gasteiger partial charge in [0, 0.05) is 17.8 Å². The van der Waals surface area contributed by atoms with E-state index in [9.17, 15) is 0 Å². The molecule has 1 aliphatic heterocycles. The fourth-order valence-electron chi connectivity index (χ4n) is 2.71. The highest BCUT2D eigenvalue weighted by Gasteiger charge is 2.25. The van der Waals surface area contributed by atoms with Crippen LogP contribution in [0.25, 0.3) is 16.9 Å². The lowest BCUT2D eigenvalue weighted by Crippen LogP contribution is -2.07. The number of nitrogens with zero attached hydrogens (tertiary/aromatic N) is 2. The molecule has 1 aromatic carbocycles. The highest BCUT2D eigenvalue weighted by Crippen LogP contribution is 2.43. The molecule has 0 amide bonds. The lowest BCUT2D eigenvalue weighted by Gasteiger charge is -2.19. The number of fused-ring (bicyclic) bond motifs is 5. The van der Waals surface area contributed by atoms with Gasteiger partial charge in [-0.1, -0.05) is 6.07 Å². The van der Waals surface area contributed by atoms with Crippen molar-refractivity contribution in [3.8, 4) is 28.5 Å². The van der Waals surface area contributed by atoms with Crippen molar-refractivity contribution in [1.82, 2.24) is 9.38 Å². The number of halogens is 1. The molecule has 0 saturated heterocycles. The second-order valence-corrected chi connectivity index (χ2v) is 4.83. The molecule has 0 saturated carbocycles. The van der Waals surface area contributed by atoms with Gasteiger partial charge in [-0.3, -0.25) is 4.40 Å². The van der Waals surface area contributed by atoms with Gasteiger partial charge < -0.3 is 14.2 Å². The summed E-state index contributed by atoms with van der Waals surface area (Å²) in [7, 11) is 3.24. The van der Waals surface area contributed by atoms with Crippen LogP contribution in [0, 0.1) is 0 Å². The van der Waals surface area contributed by atoms with Crippen LogP contribution in [-0.2, 0) is 6.61 Å². The first kappa shape index (κ1) is 14.7. The summed E-state index contributed by atoms with van der Waals surface area (Å²) in [5, 5.41) is 0. The van der Waals surface area contributed by atoms with Crippen molar-refractivity contribution in [2.45, 2.75) is 6.61 Å². The van der Waals surface area contributed by atoms with Gasteiger partial charge >= 0.3 is 0 Å². The maximum Gasteiger partial charge on any atom is 0.164 e. The Morgan fingerprint density at radius 1 is 1.14 bits per heavy atom. The third-order valence-electron chi connectivity index (χ3n) is 3.73. The molecule has 0 spiro atoms. The second-order valence-electron chi connectivity index (χ2n) is 4.83. The fourth-order valence-corrected chi connectivity index (χ4v) is 2.71. The molecule has 114 valence electrons. The Morgan fingerprint density at radius 3 is 2.68 bits per heavy atom. The van der Waals surface area contributed by atoms with E-state index in [-0.39, 0.29) is 17.0 Å². The van der Waals surface area contributed by atoms with Crippen LogP contribution in [0.1, 0.15) is 5.69 Å². The Kier molecular flexibility index (Phi) is 3.70. The summed E-state index contributed by atoms with van der Waals surface area (Å²) in [6.45, 7) is 0.489. The molecule has 0 bridgehead atoms. The minimum atomic E-state index is 0. The third-order valence-corrected chi connectivity index (χ3v) is 3.73. The molecule has 0 fully saturated rings. The molecule has 3 heterocycles. The van der Waals surface area contributed by atoms with Crippen LogP contribution in [0.5, 0.6) is 17.2 Å². The van der Waals surface area contributed by atoms with Crippen LogP contribution in [0.4, 0.5) is 0 Å². The number of aromatic nitrogens is 2. The molecular formula is C16H15BrN2O3. The molecule has 6 heteroatoms. The third kappa shape index (κ3) is 2.02. The molecule has 5 nitrogen and oxygen atoms in total. The first-order valence-electron chi connectivity index (χ1n) is 6.67. The molecule has 4 rings (SSSR count). The normalized spacial score (nSPS) is 11.9. The van der Waals surface area contributed by atoms with E-state index in [2.05, 4.69) is 4.40 Å². The zero-order chi connectivity index (χ0) is 14.4. The number of rotatable bonds is 2. The van der Waals surface area contributed by atoms with Crippen molar-refractivity contribution in [1.29, 1.82) is 0 Å². The van der Waals surface area contributed by atoms with E-state index in [4.69, 9.17) is 19.2 Å². The first-order chi connectivity index (χ1) is 10.3. The van der Waals surface area contributed by atoms with E-state index in [1.165, 1.54) is 0 Å². The lowest BCUT2D eigenvalue weighted by molar-refractivity contribution is 0.291. The quantitative estimate of drug-likeness (QED) is 0.699. The van der Waals surface area contributed by atoms with Gasteiger partial charge in [-0.15, -0.1) is 17.0 Å². The maximum absolute atomic E-state index is 5.86. The van der Waals surface area contributed by atoms with Gasteiger partial charge in [0.2, 0.25) is 0 Å². The monoisotopic (exact) mass is 362 g/mol. The number of pyridine rings is 1. The summed E-state index contributed by atoms with van der Waals surface area (Å²) < 4.78 is 18.6. The van der Waals surface area contributed by atoms with E-state index >= 15 is 0 Å². The van der Waals surface area contributed by atoms with E-state index in [1.807, 2.05) is 36.5 Å². The molecule has 22 heavy (non-hydrogen) atoms. The summed E-state index contributed by atoms with van der Waals surface area (Å²) in [4.78, 5) is 4.71. The Hall–Kier alpha value is -2.21. The molecule has 0 unspecified atom stereocenters. The van der Waals surface area contributed by atoms with Crippen LogP contribution in [0.3, 0.4) is 0 Å². The van der Waals surface area contributed by atoms with Crippen molar-refractivity contribution < 1.29 is 14.2 Å². The van der Waals surface area contributed by atoms with Gasteiger partial charge in [0.25, 0.3) is 0 Å². The summed E-state index contributed by atoms with van der Waals surface area (Å²) >= 11 is 0. The van der Waals surface area contributed by atoms with Crippen molar-refractivity contribution in [3.63, 3.8) is 0 Å². The molecular weight excluding hydrogens is 348 g/mol. The number of imidazole rings is 1. The summed E-state index contributed by atoms with van der Waals surface area (Å²) in [6.07, 6.45) is 2.00. The SMILES string of the molecule is Br.COc1cc2c(cc1OC)-c1nc3ccccn3c1CO2. The zero-order valence-corrected chi connectivity index (χ0v) is 13.9. The maximum atomic E-state index is 5.86. The van der Waals surface area contributed by atoms with E-state index in [0.29, 0.717) is 18.1 Å². The Balaban J connectivity index is 0.00000144. The molecule has 0 atom stereocenters. The van der Waals surface area contributed by atoms with E-state index in [0.717, 1.165) is 28.3 Å². The van der Waals surface area contributed by atoms with E-state index < -0.39 is 0 Å². The standard InChI is InChI=1S/C16H14N2O3.BrH/c1-19-13-7-10-12(8-14(13)20-2)21-9-11-16(10)17-15-5-3-4-6-18(11)15;/h3-8H,9H2,1-2H3;1H. The smallest absolute Gasteiger partial charge is 0.164 e. The van der Waals surface area contributed by atoms with Gasteiger partial charge in [-0.2, -0.15) is 0 Å². The predicted molar refractivity (Wildman–Crippen MR) is 88.4 cm³/mol. The number of benzene rings is 1. The van der Waals surface area contributed by atoms with Crippen LogP contribution < -0.4 is 14.2 Å². The van der Waals surface area contributed by atoms with Crippen molar-refractivity contribution >= 4 is 22.6 Å². The minimum Gasteiger partial charge on any atom is -0.493 e. The largest absolute Gasteiger partial charge is 0.493 e. The molecule has 1 aliphatic rings. The van der Waals surface area contributed by atoms with Crippen LogP contribution in [0.2, 0.25) is 0 Å². The van der Waals surface area contributed by atoms with Crippen molar-refractivity contribution in [2.75, 3.05) is 14.2 Å². The van der Waals surface area contributed by atoms with Crippen LogP contribution in [0.15, 0.2) is 36.5 Å². The number of hydrogen-bond donors (Lipinski definition) is 0. The van der Waals surface area contributed by atoms with Gasteiger partial charge in [-0.25, -0.2) is 4.98 Å². The average molecular weight is 363 g/mol. The Bertz CT molecular complexity index is 845. The number of methoxy groups -OCH3 is 2. The highest BCUT2D eigenvalue weighted by molar-refractivity contribution is 8.93. The number of hydrogen-bond acceptors (Lipinski definition) is 4. The summed E-state index contributed by atoms with van der Waals surface area (Å²) in [6, 6.07) is 9.71. The molecule has 0 radical (unpaired) electrons. The van der Waals surface area contributed by atoms with Gasteiger partial charge in [0.1, 0.15) is 18.0 Å². The minimum absolute atomic E-state index is 0. The highest BCUT2D eigenvalue weighted by atomic mass is 79.9. The van der Waals surface area contributed by atoms with Crippen LogP contribution in [-0.4, -0.2) is 23.6 Å². The zero-order valence-electron chi connectivity index (χ0n) is 12.2. The van der Waals surface area contributed by atoms with E-state index in [1.54, 1.807) is 14.2 Å². The molecule has 3 aromatic rings.